The number of anilines is 1. The van der Waals surface area contributed by atoms with E-state index in [1.54, 1.807) is 47.2 Å². The first-order chi connectivity index (χ1) is 16.7. The summed E-state index contributed by atoms with van der Waals surface area (Å²) in [6.45, 7) is 0. The first-order valence-corrected chi connectivity index (χ1v) is 10.5. The number of fused-ring (bicyclic) bond motifs is 2. The number of hydrogen-bond donors (Lipinski definition) is 1. The van der Waals surface area contributed by atoms with Crippen molar-refractivity contribution in [2.24, 2.45) is 0 Å². The minimum Gasteiger partial charge on any atom is -0.304 e. The number of benzene rings is 1. The average Bonchev–Trinajstić information content (AvgIpc) is 3.45. The van der Waals surface area contributed by atoms with Gasteiger partial charge in [-0.15, -0.1) is 0 Å². The Labute approximate surface area is 192 Å². The van der Waals surface area contributed by atoms with Gasteiger partial charge in [0.1, 0.15) is 28.5 Å². The van der Waals surface area contributed by atoms with Crippen molar-refractivity contribution in [3.63, 3.8) is 0 Å². The van der Waals surface area contributed by atoms with E-state index in [0.29, 0.717) is 28.5 Å². The molecule has 1 N–H and O–H groups in total. The second kappa shape index (κ2) is 7.89. The fraction of sp³-hybridized carbons (Fsp3) is 0. The first kappa shape index (κ1) is 19.7. The number of aromatic nitrogens is 6. The van der Waals surface area contributed by atoms with Gasteiger partial charge in [-0.1, -0.05) is 12.1 Å². The summed E-state index contributed by atoms with van der Waals surface area (Å²) >= 11 is 0. The topological polar surface area (TPSA) is 89.5 Å². The van der Waals surface area contributed by atoms with Gasteiger partial charge in [0.15, 0.2) is 11.5 Å². The minimum atomic E-state index is -0.357. The van der Waals surface area contributed by atoms with Crippen molar-refractivity contribution in [1.82, 2.24) is 29.0 Å². The van der Waals surface area contributed by atoms with Crippen molar-refractivity contribution < 1.29 is 9.18 Å². The summed E-state index contributed by atoms with van der Waals surface area (Å²) in [5, 5.41) is 7.47. The molecule has 0 radical (unpaired) electrons. The zero-order valence-corrected chi connectivity index (χ0v) is 17.6. The fourth-order valence-electron chi connectivity index (χ4n) is 3.80. The van der Waals surface area contributed by atoms with Crippen molar-refractivity contribution in [3.8, 4) is 22.6 Å². The normalized spacial score (nSPS) is 11.2. The Morgan fingerprint density at radius 2 is 1.74 bits per heavy atom. The van der Waals surface area contributed by atoms with Crippen LogP contribution in [0.1, 0.15) is 10.5 Å². The zero-order chi connectivity index (χ0) is 23.1. The summed E-state index contributed by atoms with van der Waals surface area (Å²) in [5.74, 6) is -0.311. The molecule has 9 heteroatoms. The molecular weight excluding hydrogens is 433 g/mol. The lowest BCUT2D eigenvalue weighted by Crippen LogP contribution is -2.13. The molecule has 0 saturated carbocycles. The molecule has 0 saturated heterocycles. The third kappa shape index (κ3) is 3.45. The van der Waals surface area contributed by atoms with Crippen LogP contribution in [0.15, 0.2) is 91.4 Å². The van der Waals surface area contributed by atoms with Gasteiger partial charge in [-0.05, 0) is 60.7 Å². The SMILES string of the molecule is O=C(Nc1cn2nc(-c3c(-c4ccc(F)cc4)nc4ccccn34)ccc2n1)c1ccccn1. The maximum absolute atomic E-state index is 13.5. The maximum Gasteiger partial charge on any atom is 0.275 e. The molecule has 0 aliphatic carbocycles. The lowest BCUT2D eigenvalue weighted by atomic mass is 10.1. The molecule has 0 aliphatic rings. The van der Waals surface area contributed by atoms with Crippen LogP contribution < -0.4 is 5.32 Å². The molecule has 5 aromatic heterocycles. The number of hydrogen-bond acceptors (Lipinski definition) is 5. The highest BCUT2D eigenvalue weighted by Gasteiger charge is 2.18. The van der Waals surface area contributed by atoms with Crippen LogP contribution in [0.4, 0.5) is 10.2 Å². The van der Waals surface area contributed by atoms with Crippen molar-refractivity contribution in [1.29, 1.82) is 0 Å². The summed E-state index contributed by atoms with van der Waals surface area (Å²) in [6, 6.07) is 20.7. The number of nitrogens with zero attached hydrogens (tertiary/aromatic N) is 6. The van der Waals surface area contributed by atoms with Crippen molar-refractivity contribution in [2.45, 2.75) is 0 Å². The second-order valence-corrected chi connectivity index (χ2v) is 7.56. The highest BCUT2D eigenvalue weighted by Crippen LogP contribution is 2.32. The predicted molar refractivity (Wildman–Crippen MR) is 125 cm³/mol. The van der Waals surface area contributed by atoms with Crippen LogP contribution in [0, 0.1) is 5.82 Å². The molecule has 0 spiro atoms. The third-order valence-corrected chi connectivity index (χ3v) is 5.35. The van der Waals surface area contributed by atoms with Crippen LogP contribution >= 0.6 is 0 Å². The average molecular weight is 449 g/mol. The molecule has 0 unspecified atom stereocenters. The summed E-state index contributed by atoms with van der Waals surface area (Å²) in [6.07, 6.45) is 5.10. The van der Waals surface area contributed by atoms with Crippen LogP contribution in [0.5, 0.6) is 0 Å². The Balaban J connectivity index is 1.43. The second-order valence-electron chi connectivity index (χ2n) is 7.56. The number of nitrogens with one attached hydrogen (secondary N) is 1. The Hall–Kier alpha value is -4.92. The number of carbonyl (C=O) groups excluding carboxylic acids is 1. The van der Waals surface area contributed by atoms with Gasteiger partial charge in [-0.3, -0.25) is 14.2 Å². The minimum absolute atomic E-state index is 0.294. The summed E-state index contributed by atoms with van der Waals surface area (Å²) in [5.41, 5.74) is 4.47. The fourth-order valence-corrected chi connectivity index (χ4v) is 3.80. The van der Waals surface area contributed by atoms with E-state index in [4.69, 9.17) is 10.1 Å². The Kier molecular flexibility index (Phi) is 4.58. The molecule has 1 amide bonds. The van der Waals surface area contributed by atoms with Crippen molar-refractivity contribution >= 4 is 23.0 Å². The van der Waals surface area contributed by atoms with Gasteiger partial charge < -0.3 is 5.32 Å². The van der Waals surface area contributed by atoms with E-state index in [1.807, 2.05) is 40.9 Å². The molecule has 0 aliphatic heterocycles. The Morgan fingerprint density at radius 1 is 0.882 bits per heavy atom. The number of pyridine rings is 2. The number of rotatable bonds is 4. The van der Waals surface area contributed by atoms with Gasteiger partial charge in [0.2, 0.25) is 0 Å². The van der Waals surface area contributed by atoms with Crippen LogP contribution in [-0.2, 0) is 0 Å². The van der Waals surface area contributed by atoms with Crippen LogP contribution in [0.2, 0.25) is 0 Å². The molecule has 0 atom stereocenters. The van der Waals surface area contributed by atoms with E-state index in [1.165, 1.54) is 12.1 Å². The molecule has 6 rings (SSSR count). The number of carbonyl (C=O) groups is 1. The maximum atomic E-state index is 13.5. The van der Waals surface area contributed by atoms with Gasteiger partial charge in [0.05, 0.1) is 11.9 Å². The zero-order valence-electron chi connectivity index (χ0n) is 17.6. The molecule has 6 aromatic rings. The Morgan fingerprint density at radius 3 is 2.56 bits per heavy atom. The Bertz CT molecular complexity index is 1660. The molecule has 0 fully saturated rings. The van der Waals surface area contributed by atoms with Gasteiger partial charge in [0.25, 0.3) is 5.91 Å². The van der Waals surface area contributed by atoms with E-state index in [9.17, 15) is 9.18 Å². The third-order valence-electron chi connectivity index (χ3n) is 5.35. The van der Waals surface area contributed by atoms with Gasteiger partial charge in [-0.25, -0.2) is 18.9 Å². The lowest BCUT2D eigenvalue weighted by molar-refractivity contribution is 0.102. The quantitative estimate of drug-likeness (QED) is 0.428. The van der Waals surface area contributed by atoms with Gasteiger partial charge >= 0.3 is 0 Å². The molecule has 5 heterocycles. The molecule has 8 nitrogen and oxygen atoms in total. The predicted octanol–water partition coefficient (Wildman–Crippen LogP) is 4.50. The van der Waals surface area contributed by atoms with Crippen molar-refractivity contribution in [2.75, 3.05) is 5.32 Å². The van der Waals surface area contributed by atoms with E-state index < -0.39 is 0 Å². The highest BCUT2D eigenvalue weighted by atomic mass is 19.1. The van der Waals surface area contributed by atoms with E-state index in [2.05, 4.69) is 15.3 Å². The van der Waals surface area contributed by atoms with Crippen LogP contribution in [0.25, 0.3) is 33.9 Å². The molecule has 34 heavy (non-hydrogen) atoms. The summed E-state index contributed by atoms with van der Waals surface area (Å²) in [4.78, 5) is 25.7. The van der Waals surface area contributed by atoms with Crippen molar-refractivity contribution in [3.05, 3.63) is 103 Å². The molecule has 0 bridgehead atoms. The highest BCUT2D eigenvalue weighted by molar-refractivity contribution is 6.02. The van der Waals surface area contributed by atoms with E-state index in [0.717, 1.165) is 16.9 Å². The number of imidazole rings is 2. The van der Waals surface area contributed by atoms with Crippen LogP contribution in [-0.4, -0.2) is 34.9 Å². The van der Waals surface area contributed by atoms with Gasteiger partial charge in [0, 0.05) is 18.0 Å². The van der Waals surface area contributed by atoms with E-state index in [-0.39, 0.29) is 11.7 Å². The summed E-state index contributed by atoms with van der Waals surface area (Å²) < 4.78 is 17.1. The number of halogens is 1. The monoisotopic (exact) mass is 449 g/mol. The summed E-state index contributed by atoms with van der Waals surface area (Å²) in [7, 11) is 0. The van der Waals surface area contributed by atoms with Gasteiger partial charge in [-0.2, -0.15) is 5.10 Å². The smallest absolute Gasteiger partial charge is 0.275 e. The molecular formula is C25H16FN7O. The molecule has 164 valence electrons. The lowest BCUT2D eigenvalue weighted by Gasteiger charge is -2.05. The van der Waals surface area contributed by atoms with Crippen LogP contribution in [0.3, 0.4) is 0 Å². The molecule has 1 aromatic carbocycles. The number of amides is 1. The standard InChI is InChI=1S/C25H16FN7O/c26-17-9-7-16(8-10-17)23-24(32-14-4-2-6-21(32)30-23)18-11-12-22-28-20(15-33(22)31-18)29-25(34)19-5-1-3-13-27-19/h1-15H,(H,29,34). The first-order valence-electron chi connectivity index (χ1n) is 10.5. The van der Waals surface area contributed by atoms with E-state index >= 15 is 0 Å². The largest absolute Gasteiger partial charge is 0.304 e.